The van der Waals surface area contributed by atoms with Crippen LogP contribution in [0.2, 0.25) is 0 Å². The van der Waals surface area contributed by atoms with E-state index in [0.29, 0.717) is 24.6 Å². The van der Waals surface area contributed by atoms with Crippen molar-refractivity contribution in [3.05, 3.63) is 41.2 Å². The lowest BCUT2D eigenvalue weighted by Gasteiger charge is -2.42. The summed E-state index contributed by atoms with van der Waals surface area (Å²) in [4.78, 5) is 21.0. The summed E-state index contributed by atoms with van der Waals surface area (Å²) in [5.41, 5.74) is 0.694. The van der Waals surface area contributed by atoms with E-state index in [2.05, 4.69) is 9.88 Å². The van der Waals surface area contributed by atoms with Gasteiger partial charge in [-0.05, 0) is 37.1 Å². The second-order valence-corrected chi connectivity index (χ2v) is 8.08. The summed E-state index contributed by atoms with van der Waals surface area (Å²) in [6.45, 7) is 2.48. The fraction of sp³-hybridized carbons (Fsp3) is 0.500. The van der Waals surface area contributed by atoms with E-state index in [1.165, 1.54) is 23.5 Å². The predicted octanol–water partition coefficient (Wildman–Crippen LogP) is 2.05. The zero-order valence-corrected chi connectivity index (χ0v) is 16.8. The molecule has 29 heavy (non-hydrogen) atoms. The molecule has 0 saturated carbocycles. The third-order valence-corrected chi connectivity index (χ3v) is 6.24. The Bertz CT molecular complexity index is 823. The number of carbonyl (C=O) groups is 1. The van der Waals surface area contributed by atoms with Crippen LogP contribution in [0.5, 0.6) is 5.75 Å². The minimum absolute atomic E-state index is 0.0123. The highest BCUT2D eigenvalue weighted by Crippen LogP contribution is 2.27. The number of ether oxygens (including phenoxy) is 2. The highest BCUT2D eigenvalue weighted by Gasteiger charge is 2.34. The first-order valence-corrected chi connectivity index (χ1v) is 10.6. The summed E-state index contributed by atoms with van der Waals surface area (Å²) >= 11 is 1.54. The number of rotatable bonds is 6. The third-order valence-electron chi connectivity index (χ3n) is 5.29. The Labute approximate surface area is 172 Å². The number of thiazole rings is 1. The number of piperidine rings is 1. The Balaban J connectivity index is 1.29. The molecule has 1 atom stereocenters. The van der Waals surface area contributed by atoms with Crippen LogP contribution in [0.15, 0.2) is 29.6 Å². The van der Waals surface area contributed by atoms with Crippen molar-refractivity contribution >= 4 is 22.4 Å². The van der Waals surface area contributed by atoms with Gasteiger partial charge in [0.15, 0.2) is 5.13 Å². The molecule has 9 heteroatoms. The lowest BCUT2D eigenvalue weighted by molar-refractivity contribution is -0.154. The van der Waals surface area contributed by atoms with E-state index in [1.807, 2.05) is 10.3 Å². The van der Waals surface area contributed by atoms with Crippen LogP contribution in [-0.4, -0.2) is 65.9 Å². The molecular weight excluding hydrogens is 397 g/mol. The predicted molar refractivity (Wildman–Crippen MR) is 107 cm³/mol. The van der Waals surface area contributed by atoms with Gasteiger partial charge in [0, 0.05) is 24.5 Å². The minimum Gasteiger partial charge on any atom is -0.491 e. The normalized spacial score (nSPS) is 20.9. The molecule has 0 bridgehead atoms. The SMILES string of the molecule is O=C1COC(COc2ccc(F)cc2)CN1C1CCN(c2nc(CO)cs2)CC1. The van der Waals surface area contributed by atoms with Gasteiger partial charge in [-0.2, -0.15) is 0 Å². The number of aromatic nitrogens is 1. The number of amides is 1. The fourth-order valence-corrected chi connectivity index (χ4v) is 4.57. The maximum atomic E-state index is 13.0. The van der Waals surface area contributed by atoms with Crippen LogP contribution in [-0.2, 0) is 16.1 Å². The number of carbonyl (C=O) groups excluding carboxylic acids is 1. The average molecular weight is 421 g/mol. The van der Waals surface area contributed by atoms with Crippen LogP contribution in [0.3, 0.4) is 0 Å². The zero-order chi connectivity index (χ0) is 20.2. The third kappa shape index (κ3) is 4.85. The molecule has 0 radical (unpaired) electrons. The molecule has 1 aromatic heterocycles. The van der Waals surface area contributed by atoms with Crippen molar-refractivity contribution in [3.63, 3.8) is 0 Å². The van der Waals surface area contributed by atoms with Gasteiger partial charge < -0.3 is 24.4 Å². The lowest BCUT2D eigenvalue weighted by atomic mass is 10.0. The molecule has 2 aliphatic rings. The standard InChI is InChI=1S/C20H24FN3O4S/c21-14-1-3-17(4-2-14)27-11-18-9-24(19(26)12-28-18)16-5-7-23(8-6-16)20-22-15(10-25)13-29-20/h1-4,13,16,18,25H,5-12H2. The summed E-state index contributed by atoms with van der Waals surface area (Å²) in [6.07, 6.45) is 1.53. The summed E-state index contributed by atoms with van der Waals surface area (Å²) in [5.74, 6) is 0.287. The van der Waals surface area contributed by atoms with Gasteiger partial charge in [-0.1, -0.05) is 0 Å². The van der Waals surface area contributed by atoms with E-state index < -0.39 is 0 Å². The van der Waals surface area contributed by atoms with Crippen LogP contribution < -0.4 is 9.64 Å². The van der Waals surface area contributed by atoms with Crippen molar-refractivity contribution in [2.75, 3.05) is 37.7 Å². The van der Waals surface area contributed by atoms with Gasteiger partial charge in [0.05, 0.1) is 18.8 Å². The number of anilines is 1. The first-order valence-electron chi connectivity index (χ1n) is 9.72. The van der Waals surface area contributed by atoms with Gasteiger partial charge >= 0.3 is 0 Å². The van der Waals surface area contributed by atoms with Gasteiger partial charge in [0.25, 0.3) is 0 Å². The summed E-state index contributed by atoms with van der Waals surface area (Å²) in [5, 5.41) is 12.0. The molecule has 0 aliphatic carbocycles. The smallest absolute Gasteiger partial charge is 0.248 e. The summed E-state index contributed by atoms with van der Waals surface area (Å²) < 4.78 is 24.3. The van der Waals surface area contributed by atoms with E-state index in [9.17, 15) is 14.3 Å². The number of nitrogens with zero attached hydrogens (tertiary/aromatic N) is 3. The Morgan fingerprint density at radius 3 is 2.72 bits per heavy atom. The number of morpholine rings is 1. The highest BCUT2D eigenvalue weighted by atomic mass is 32.1. The summed E-state index contributed by atoms with van der Waals surface area (Å²) in [6, 6.07) is 6.04. The Morgan fingerprint density at radius 1 is 1.28 bits per heavy atom. The van der Waals surface area contributed by atoms with Gasteiger partial charge in [-0.3, -0.25) is 4.79 Å². The summed E-state index contributed by atoms with van der Waals surface area (Å²) in [7, 11) is 0. The number of benzene rings is 1. The number of halogens is 1. The Hall–Kier alpha value is -2.23. The van der Waals surface area contributed by atoms with Crippen molar-refractivity contribution in [2.45, 2.75) is 31.6 Å². The zero-order valence-electron chi connectivity index (χ0n) is 16.0. The molecule has 4 rings (SSSR count). The molecule has 7 nitrogen and oxygen atoms in total. The van der Waals surface area contributed by atoms with Crippen LogP contribution in [0.4, 0.5) is 9.52 Å². The van der Waals surface area contributed by atoms with Crippen LogP contribution in [0.1, 0.15) is 18.5 Å². The molecule has 2 aliphatic heterocycles. The average Bonchev–Trinajstić information content (AvgIpc) is 3.24. The Kier molecular flexibility index (Phi) is 6.27. The minimum atomic E-state index is -0.306. The molecule has 1 amide bonds. The van der Waals surface area contributed by atoms with Crippen LogP contribution in [0, 0.1) is 5.82 Å². The van der Waals surface area contributed by atoms with Crippen LogP contribution in [0.25, 0.3) is 0 Å². The van der Waals surface area contributed by atoms with E-state index in [-0.39, 0.29) is 37.1 Å². The second-order valence-electron chi connectivity index (χ2n) is 7.24. The van der Waals surface area contributed by atoms with Crippen molar-refractivity contribution in [2.24, 2.45) is 0 Å². The van der Waals surface area contributed by atoms with Crippen LogP contribution >= 0.6 is 11.3 Å². The maximum Gasteiger partial charge on any atom is 0.248 e. The van der Waals surface area contributed by atoms with Crippen molar-refractivity contribution in [1.29, 1.82) is 0 Å². The molecule has 156 valence electrons. The molecule has 1 aromatic carbocycles. The van der Waals surface area contributed by atoms with Gasteiger partial charge in [0.2, 0.25) is 5.91 Å². The highest BCUT2D eigenvalue weighted by molar-refractivity contribution is 7.13. The number of aliphatic hydroxyl groups excluding tert-OH is 1. The first-order chi connectivity index (χ1) is 14.1. The molecule has 1 N–H and O–H groups in total. The number of hydrogen-bond donors (Lipinski definition) is 1. The van der Waals surface area contributed by atoms with Crippen molar-refractivity contribution < 1.29 is 23.8 Å². The molecular formula is C20H24FN3O4S. The maximum absolute atomic E-state index is 13.0. The molecule has 2 fully saturated rings. The number of hydrogen-bond acceptors (Lipinski definition) is 7. The van der Waals surface area contributed by atoms with Crippen molar-refractivity contribution in [3.8, 4) is 5.75 Å². The first kappa shape index (κ1) is 20.1. The largest absolute Gasteiger partial charge is 0.491 e. The van der Waals surface area contributed by atoms with E-state index in [1.54, 1.807) is 12.1 Å². The topological polar surface area (TPSA) is 75.1 Å². The quantitative estimate of drug-likeness (QED) is 0.770. The molecule has 1 unspecified atom stereocenters. The number of aliphatic hydroxyl groups is 1. The lowest BCUT2D eigenvalue weighted by Crippen LogP contribution is -2.55. The molecule has 3 heterocycles. The van der Waals surface area contributed by atoms with E-state index in [4.69, 9.17) is 9.47 Å². The van der Waals surface area contributed by atoms with Gasteiger partial charge in [0.1, 0.15) is 30.9 Å². The van der Waals surface area contributed by atoms with E-state index in [0.717, 1.165) is 31.1 Å². The molecule has 2 aromatic rings. The Morgan fingerprint density at radius 2 is 2.03 bits per heavy atom. The van der Waals surface area contributed by atoms with Crippen molar-refractivity contribution in [1.82, 2.24) is 9.88 Å². The van der Waals surface area contributed by atoms with E-state index >= 15 is 0 Å². The van der Waals surface area contributed by atoms with Gasteiger partial charge in [-0.25, -0.2) is 9.37 Å². The fourth-order valence-electron chi connectivity index (χ4n) is 3.70. The second kappa shape index (κ2) is 9.06. The molecule has 0 spiro atoms. The van der Waals surface area contributed by atoms with Gasteiger partial charge in [-0.15, -0.1) is 11.3 Å². The molecule has 2 saturated heterocycles. The monoisotopic (exact) mass is 421 g/mol.